The smallest absolute Gasteiger partial charge is 0.237 e. The van der Waals surface area contributed by atoms with Crippen LogP contribution in [0.2, 0.25) is 0 Å². The van der Waals surface area contributed by atoms with Crippen molar-refractivity contribution in [3.8, 4) is 0 Å². The Bertz CT molecular complexity index is 689. The molecule has 1 aromatic heterocycles. The van der Waals surface area contributed by atoms with E-state index in [9.17, 15) is 4.79 Å². The van der Waals surface area contributed by atoms with E-state index in [0.717, 1.165) is 30.8 Å². The van der Waals surface area contributed by atoms with Crippen LogP contribution in [-0.4, -0.2) is 29.4 Å². The summed E-state index contributed by atoms with van der Waals surface area (Å²) < 4.78 is 0. The second-order valence-corrected chi connectivity index (χ2v) is 6.11. The molecule has 1 spiro atoms. The van der Waals surface area contributed by atoms with Gasteiger partial charge in [0.25, 0.3) is 0 Å². The summed E-state index contributed by atoms with van der Waals surface area (Å²) in [7, 11) is 2.11. The van der Waals surface area contributed by atoms with E-state index >= 15 is 0 Å². The Morgan fingerprint density at radius 3 is 3.10 bits per heavy atom. The van der Waals surface area contributed by atoms with Crippen LogP contribution >= 0.6 is 0 Å². The topological polar surface area (TPSA) is 45.2 Å². The highest BCUT2D eigenvalue weighted by atomic mass is 16.2. The maximum atomic E-state index is 12.6. The number of anilines is 1. The molecule has 3 heterocycles. The highest BCUT2D eigenvalue weighted by Gasteiger charge is 2.52. The SMILES string of the molecule is CC1=CC2=C(CC3(C2)C(=O)Nc2ncccc23)N(C)C1. The van der Waals surface area contributed by atoms with Crippen molar-refractivity contribution < 1.29 is 4.79 Å². The minimum atomic E-state index is -0.441. The summed E-state index contributed by atoms with van der Waals surface area (Å²) in [6, 6.07) is 3.96. The summed E-state index contributed by atoms with van der Waals surface area (Å²) in [4.78, 5) is 19.1. The molecule has 20 heavy (non-hydrogen) atoms. The molecule has 0 fully saturated rings. The molecule has 0 bridgehead atoms. The Hall–Kier alpha value is -2.10. The largest absolute Gasteiger partial charge is 0.374 e. The number of fused-ring (bicyclic) bond motifs is 2. The van der Waals surface area contributed by atoms with Gasteiger partial charge in [0.2, 0.25) is 5.91 Å². The Balaban J connectivity index is 1.82. The van der Waals surface area contributed by atoms with Gasteiger partial charge in [-0.25, -0.2) is 4.98 Å². The number of rotatable bonds is 0. The quantitative estimate of drug-likeness (QED) is 0.784. The van der Waals surface area contributed by atoms with Crippen molar-refractivity contribution in [1.29, 1.82) is 0 Å². The number of carbonyl (C=O) groups is 1. The van der Waals surface area contributed by atoms with Gasteiger partial charge in [0, 0.05) is 37.5 Å². The molecule has 0 radical (unpaired) electrons. The first-order valence-electron chi connectivity index (χ1n) is 6.97. The third-order valence-electron chi connectivity index (χ3n) is 4.69. The summed E-state index contributed by atoms with van der Waals surface area (Å²) >= 11 is 0. The Morgan fingerprint density at radius 1 is 1.40 bits per heavy atom. The molecule has 1 amide bonds. The first-order chi connectivity index (χ1) is 9.60. The van der Waals surface area contributed by atoms with E-state index in [1.165, 1.54) is 16.8 Å². The molecule has 0 saturated carbocycles. The predicted molar refractivity (Wildman–Crippen MR) is 77.2 cm³/mol. The van der Waals surface area contributed by atoms with Crippen molar-refractivity contribution in [2.75, 3.05) is 18.9 Å². The highest BCUT2D eigenvalue weighted by Crippen LogP contribution is 2.52. The van der Waals surface area contributed by atoms with E-state index in [-0.39, 0.29) is 5.91 Å². The van der Waals surface area contributed by atoms with Gasteiger partial charge in [0.1, 0.15) is 5.82 Å². The summed E-state index contributed by atoms with van der Waals surface area (Å²) in [5.74, 6) is 0.834. The summed E-state index contributed by atoms with van der Waals surface area (Å²) in [6.07, 6.45) is 5.56. The fraction of sp³-hybridized carbons (Fsp3) is 0.375. The molecule has 0 saturated heterocycles. The van der Waals surface area contributed by atoms with Gasteiger partial charge in [-0.05, 0) is 25.0 Å². The van der Waals surface area contributed by atoms with Crippen LogP contribution in [0.5, 0.6) is 0 Å². The fourth-order valence-corrected chi connectivity index (χ4v) is 3.81. The lowest BCUT2D eigenvalue weighted by Gasteiger charge is -2.27. The molecule has 1 aliphatic carbocycles. The average Bonchev–Trinajstić information content (AvgIpc) is 2.91. The molecule has 1 aromatic rings. The monoisotopic (exact) mass is 267 g/mol. The number of pyridine rings is 1. The van der Waals surface area contributed by atoms with Crippen molar-refractivity contribution in [2.45, 2.75) is 25.2 Å². The number of hydrogen-bond acceptors (Lipinski definition) is 3. The third-order valence-corrected chi connectivity index (χ3v) is 4.69. The first-order valence-corrected chi connectivity index (χ1v) is 6.97. The number of nitrogens with zero attached hydrogens (tertiary/aromatic N) is 2. The highest BCUT2D eigenvalue weighted by molar-refractivity contribution is 6.06. The molecule has 102 valence electrons. The van der Waals surface area contributed by atoms with E-state index in [0.29, 0.717) is 0 Å². The van der Waals surface area contributed by atoms with Crippen LogP contribution in [-0.2, 0) is 10.2 Å². The molecule has 4 heteroatoms. The normalized spacial score (nSPS) is 27.6. The summed E-state index contributed by atoms with van der Waals surface area (Å²) in [6.45, 7) is 3.10. The Kier molecular flexibility index (Phi) is 2.18. The van der Waals surface area contributed by atoms with Gasteiger partial charge in [-0.2, -0.15) is 0 Å². The van der Waals surface area contributed by atoms with Crippen molar-refractivity contribution in [1.82, 2.24) is 9.88 Å². The maximum Gasteiger partial charge on any atom is 0.237 e. The molecular weight excluding hydrogens is 250 g/mol. The Labute approximate surface area is 118 Å². The molecule has 0 aromatic carbocycles. The van der Waals surface area contributed by atoms with Crippen LogP contribution in [0.25, 0.3) is 0 Å². The van der Waals surface area contributed by atoms with E-state index in [1.54, 1.807) is 6.20 Å². The standard InChI is InChI=1S/C16H17N3O/c1-10-6-11-7-16(8-13(11)19(2)9-10)12-4-3-5-17-14(12)18-15(16)20/h3-6H,7-9H2,1-2H3,(H,17,18,20). The van der Waals surface area contributed by atoms with Crippen LogP contribution in [0.4, 0.5) is 5.82 Å². The molecular formula is C16H17N3O. The molecule has 3 aliphatic rings. The van der Waals surface area contributed by atoms with Crippen molar-refractivity contribution in [3.05, 3.63) is 46.8 Å². The van der Waals surface area contributed by atoms with Crippen molar-refractivity contribution in [2.24, 2.45) is 0 Å². The van der Waals surface area contributed by atoms with E-state index in [1.807, 2.05) is 12.1 Å². The molecule has 4 nitrogen and oxygen atoms in total. The number of aromatic nitrogens is 1. The van der Waals surface area contributed by atoms with Crippen LogP contribution in [0.1, 0.15) is 25.3 Å². The van der Waals surface area contributed by atoms with E-state index < -0.39 is 5.41 Å². The fourth-order valence-electron chi connectivity index (χ4n) is 3.81. The zero-order chi connectivity index (χ0) is 13.9. The summed E-state index contributed by atoms with van der Waals surface area (Å²) in [5, 5.41) is 2.95. The number of amides is 1. The van der Waals surface area contributed by atoms with Gasteiger partial charge in [0.15, 0.2) is 0 Å². The predicted octanol–water partition coefficient (Wildman–Crippen LogP) is 2.21. The zero-order valence-electron chi connectivity index (χ0n) is 11.7. The third kappa shape index (κ3) is 1.36. The van der Waals surface area contributed by atoms with Gasteiger partial charge < -0.3 is 10.2 Å². The molecule has 1 atom stereocenters. The van der Waals surface area contributed by atoms with Gasteiger partial charge in [-0.15, -0.1) is 0 Å². The number of allylic oxidation sites excluding steroid dienone is 3. The van der Waals surface area contributed by atoms with Crippen LogP contribution < -0.4 is 5.32 Å². The second-order valence-electron chi connectivity index (χ2n) is 6.11. The lowest BCUT2D eigenvalue weighted by molar-refractivity contribution is -0.120. The van der Waals surface area contributed by atoms with Gasteiger partial charge in [-0.3, -0.25) is 4.79 Å². The molecule has 1 unspecified atom stereocenters. The van der Waals surface area contributed by atoms with Gasteiger partial charge in [0.05, 0.1) is 5.41 Å². The number of hydrogen-bond donors (Lipinski definition) is 1. The Morgan fingerprint density at radius 2 is 2.25 bits per heavy atom. The molecule has 4 rings (SSSR count). The lowest BCUT2D eigenvalue weighted by atomic mass is 9.79. The number of carbonyl (C=O) groups excluding carboxylic acids is 1. The van der Waals surface area contributed by atoms with Crippen molar-refractivity contribution in [3.63, 3.8) is 0 Å². The van der Waals surface area contributed by atoms with Crippen LogP contribution in [0.3, 0.4) is 0 Å². The molecule has 1 N–H and O–H groups in total. The van der Waals surface area contributed by atoms with Gasteiger partial charge in [-0.1, -0.05) is 17.7 Å². The minimum absolute atomic E-state index is 0.0973. The lowest BCUT2D eigenvalue weighted by Crippen LogP contribution is -2.33. The van der Waals surface area contributed by atoms with Crippen molar-refractivity contribution >= 4 is 11.7 Å². The number of nitrogens with one attached hydrogen (secondary N) is 1. The average molecular weight is 267 g/mol. The van der Waals surface area contributed by atoms with E-state index in [2.05, 4.69) is 35.2 Å². The maximum absolute atomic E-state index is 12.6. The first kappa shape index (κ1) is 11.7. The second kappa shape index (κ2) is 3.72. The van der Waals surface area contributed by atoms with Crippen LogP contribution in [0.15, 0.2) is 41.2 Å². The zero-order valence-corrected chi connectivity index (χ0v) is 11.7. The van der Waals surface area contributed by atoms with E-state index in [4.69, 9.17) is 0 Å². The minimum Gasteiger partial charge on any atom is -0.374 e. The number of likely N-dealkylation sites (N-methyl/N-ethyl adjacent to an activating group) is 1. The molecule has 2 aliphatic heterocycles. The van der Waals surface area contributed by atoms with Gasteiger partial charge >= 0.3 is 0 Å². The van der Waals surface area contributed by atoms with Crippen LogP contribution in [0, 0.1) is 0 Å². The summed E-state index contributed by atoms with van der Waals surface area (Å²) in [5.41, 5.74) is 4.58.